The topological polar surface area (TPSA) is 105 Å². The van der Waals surface area contributed by atoms with Crippen molar-refractivity contribution in [3.63, 3.8) is 0 Å². The number of aromatic nitrogens is 2. The van der Waals surface area contributed by atoms with Gasteiger partial charge in [-0.05, 0) is 36.9 Å². The molecule has 4 heterocycles. The Kier molecular flexibility index (Phi) is 4.00. The van der Waals surface area contributed by atoms with Crippen LogP contribution >= 0.6 is 0 Å². The zero-order chi connectivity index (χ0) is 22.1. The normalized spacial score (nSPS) is 18.9. The van der Waals surface area contributed by atoms with Crippen LogP contribution in [0.15, 0.2) is 41.8 Å². The highest BCUT2D eigenvalue weighted by Crippen LogP contribution is 2.41. The number of hydrogen-bond acceptors (Lipinski definition) is 7. The first-order valence-corrected chi connectivity index (χ1v) is 9.98. The number of pyridine rings is 2. The van der Waals surface area contributed by atoms with Gasteiger partial charge in [0, 0.05) is 23.6 Å². The van der Waals surface area contributed by atoms with Gasteiger partial charge in [-0.1, -0.05) is 13.5 Å². The van der Waals surface area contributed by atoms with Crippen molar-refractivity contribution in [3.8, 4) is 17.1 Å². The standard InChI is InChI=1S/C23H21N3O5/c1-4-23(30)15-9-17-19-12(10-26(17)21(28)14(15)11-31-22(23)29)8-13-18(27)7-6-16(20(13)24-19)25(3)5-2/h5-9,27,30H,2,4,10-11H2,1,3H3/t23-/m0/s1. The molecule has 1 aromatic carbocycles. The van der Waals surface area contributed by atoms with Gasteiger partial charge in [-0.3, -0.25) is 4.79 Å². The van der Waals surface area contributed by atoms with Crippen molar-refractivity contribution in [1.29, 1.82) is 0 Å². The number of carbonyl (C=O) groups is 1. The lowest BCUT2D eigenvalue weighted by Crippen LogP contribution is -2.44. The Labute approximate surface area is 177 Å². The third-order valence-corrected chi connectivity index (χ3v) is 6.29. The summed E-state index contributed by atoms with van der Waals surface area (Å²) < 4.78 is 6.66. The van der Waals surface area contributed by atoms with E-state index in [0.717, 1.165) is 11.3 Å². The van der Waals surface area contributed by atoms with Crippen LogP contribution in [0, 0.1) is 0 Å². The summed E-state index contributed by atoms with van der Waals surface area (Å²) in [7, 11) is 1.83. The number of hydrogen-bond donors (Lipinski definition) is 2. The van der Waals surface area contributed by atoms with Gasteiger partial charge >= 0.3 is 5.97 Å². The van der Waals surface area contributed by atoms with Crippen molar-refractivity contribution in [3.05, 3.63) is 64.1 Å². The fourth-order valence-electron chi connectivity index (χ4n) is 4.42. The minimum absolute atomic E-state index is 0.0852. The predicted octanol–water partition coefficient (Wildman–Crippen LogP) is 2.36. The van der Waals surface area contributed by atoms with Gasteiger partial charge in [0.2, 0.25) is 0 Å². The average molecular weight is 419 g/mol. The molecule has 2 aliphatic rings. The molecule has 0 spiro atoms. The number of benzene rings is 1. The summed E-state index contributed by atoms with van der Waals surface area (Å²) in [5.41, 5.74) is 1.55. The van der Waals surface area contributed by atoms with Crippen molar-refractivity contribution in [1.82, 2.24) is 9.55 Å². The van der Waals surface area contributed by atoms with Crippen LogP contribution in [-0.4, -0.2) is 32.8 Å². The molecule has 0 unspecified atom stereocenters. The van der Waals surface area contributed by atoms with Crippen LogP contribution in [0.4, 0.5) is 5.69 Å². The van der Waals surface area contributed by atoms with Gasteiger partial charge < -0.3 is 24.4 Å². The van der Waals surface area contributed by atoms with E-state index in [0.29, 0.717) is 22.3 Å². The first-order chi connectivity index (χ1) is 14.8. The lowest BCUT2D eigenvalue weighted by molar-refractivity contribution is -0.172. The summed E-state index contributed by atoms with van der Waals surface area (Å²) in [6.07, 6.45) is 1.73. The minimum atomic E-state index is -1.87. The van der Waals surface area contributed by atoms with Crippen LogP contribution in [0.1, 0.15) is 30.0 Å². The molecule has 158 valence electrons. The third kappa shape index (κ3) is 2.48. The van der Waals surface area contributed by atoms with Crippen LogP contribution in [-0.2, 0) is 28.3 Å². The van der Waals surface area contributed by atoms with Crippen LogP contribution < -0.4 is 10.5 Å². The number of nitrogens with zero attached hydrogens (tertiary/aromatic N) is 3. The highest BCUT2D eigenvalue weighted by Gasteiger charge is 2.45. The van der Waals surface area contributed by atoms with Gasteiger partial charge in [-0.15, -0.1) is 0 Å². The van der Waals surface area contributed by atoms with E-state index in [9.17, 15) is 19.8 Å². The lowest BCUT2D eigenvalue weighted by Gasteiger charge is -2.31. The molecule has 8 heteroatoms. The average Bonchev–Trinajstić information content (AvgIpc) is 3.13. The fraction of sp³-hybridized carbons (Fsp3) is 0.261. The molecule has 1 atom stereocenters. The molecule has 31 heavy (non-hydrogen) atoms. The van der Waals surface area contributed by atoms with E-state index < -0.39 is 11.6 Å². The van der Waals surface area contributed by atoms with E-state index in [-0.39, 0.29) is 42.0 Å². The Morgan fingerprint density at radius 3 is 2.84 bits per heavy atom. The highest BCUT2D eigenvalue weighted by atomic mass is 16.6. The monoisotopic (exact) mass is 419 g/mol. The molecule has 2 aliphatic heterocycles. The molecule has 2 aromatic heterocycles. The third-order valence-electron chi connectivity index (χ3n) is 6.29. The van der Waals surface area contributed by atoms with Crippen LogP contribution in [0.5, 0.6) is 5.75 Å². The number of carbonyl (C=O) groups excluding carboxylic acids is 1. The van der Waals surface area contributed by atoms with Gasteiger partial charge in [-0.2, -0.15) is 0 Å². The molecule has 3 aromatic rings. The summed E-state index contributed by atoms with van der Waals surface area (Å²) in [6, 6.07) is 6.85. The van der Waals surface area contributed by atoms with Crippen LogP contribution in [0.3, 0.4) is 0 Å². The fourth-order valence-corrected chi connectivity index (χ4v) is 4.42. The molecule has 0 fully saturated rings. The van der Waals surface area contributed by atoms with Gasteiger partial charge in [0.1, 0.15) is 12.4 Å². The van der Waals surface area contributed by atoms with Crippen molar-refractivity contribution >= 4 is 22.6 Å². The van der Waals surface area contributed by atoms with E-state index in [1.807, 2.05) is 13.1 Å². The van der Waals surface area contributed by atoms with Crippen molar-refractivity contribution in [2.45, 2.75) is 32.1 Å². The number of anilines is 1. The Hall–Kier alpha value is -3.65. The second kappa shape index (κ2) is 6.42. The predicted molar refractivity (Wildman–Crippen MR) is 115 cm³/mol. The Morgan fingerprint density at radius 2 is 2.13 bits per heavy atom. The Bertz CT molecular complexity index is 1360. The van der Waals surface area contributed by atoms with E-state index in [1.54, 1.807) is 40.8 Å². The number of esters is 1. The van der Waals surface area contributed by atoms with Crippen molar-refractivity contribution < 1.29 is 19.7 Å². The maximum absolute atomic E-state index is 13.2. The quantitative estimate of drug-likeness (QED) is 0.491. The first-order valence-electron chi connectivity index (χ1n) is 9.98. The zero-order valence-corrected chi connectivity index (χ0v) is 17.2. The number of ether oxygens (including phenoxy) is 1. The summed E-state index contributed by atoms with van der Waals surface area (Å²) in [5.74, 6) is -0.662. The number of aromatic hydroxyl groups is 1. The molecule has 8 nitrogen and oxygen atoms in total. The Morgan fingerprint density at radius 1 is 1.35 bits per heavy atom. The zero-order valence-electron chi connectivity index (χ0n) is 17.2. The largest absolute Gasteiger partial charge is 0.507 e. The number of cyclic esters (lactones) is 1. The second-order valence-corrected chi connectivity index (χ2v) is 7.89. The number of rotatable bonds is 3. The molecule has 0 amide bonds. The van der Waals surface area contributed by atoms with Gasteiger partial charge in [0.05, 0.1) is 34.7 Å². The van der Waals surface area contributed by atoms with Gasteiger partial charge in [-0.25, -0.2) is 9.78 Å². The van der Waals surface area contributed by atoms with E-state index in [1.165, 1.54) is 0 Å². The smallest absolute Gasteiger partial charge is 0.343 e. The van der Waals surface area contributed by atoms with Gasteiger partial charge in [0.25, 0.3) is 5.56 Å². The van der Waals surface area contributed by atoms with Crippen LogP contribution in [0.25, 0.3) is 22.3 Å². The Balaban J connectivity index is 1.81. The number of phenols is 1. The molecular formula is C23H21N3O5. The van der Waals surface area contributed by atoms with E-state index in [4.69, 9.17) is 9.72 Å². The molecular weight excluding hydrogens is 398 g/mol. The molecule has 0 aliphatic carbocycles. The maximum Gasteiger partial charge on any atom is 0.343 e. The molecule has 0 radical (unpaired) electrons. The highest BCUT2D eigenvalue weighted by molar-refractivity contribution is 5.97. The summed E-state index contributed by atoms with van der Waals surface area (Å²) >= 11 is 0. The van der Waals surface area contributed by atoms with Crippen molar-refractivity contribution in [2.24, 2.45) is 0 Å². The molecule has 0 bridgehead atoms. The summed E-state index contributed by atoms with van der Waals surface area (Å²) in [4.78, 5) is 32.1. The molecule has 2 N–H and O–H groups in total. The molecule has 5 rings (SSSR count). The van der Waals surface area contributed by atoms with E-state index in [2.05, 4.69) is 6.58 Å². The molecule has 0 saturated carbocycles. The van der Waals surface area contributed by atoms with Gasteiger partial charge in [0.15, 0.2) is 5.60 Å². The second-order valence-electron chi connectivity index (χ2n) is 7.89. The molecule has 0 saturated heterocycles. The minimum Gasteiger partial charge on any atom is -0.507 e. The SMILES string of the molecule is C=CN(C)c1ccc(O)c2cc3c(nc12)-c1cc2c(c(=O)n1C3)COC(=O)[C@]2(O)CC. The number of fused-ring (bicyclic) bond motifs is 5. The number of aliphatic hydroxyl groups is 1. The van der Waals surface area contributed by atoms with Crippen LogP contribution in [0.2, 0.25) is 0 Å². The lowest BCUT2D eigenvalue weighted by atomic mass is 9.86. The van der Waals surface area contributed by atoms with E-state index >= 15 is 0 Å². The van der Waals surface area contributed by atoms with Crippen molar-refractivity contribution in [2.75, 3.05) is 11.9 Å². The summed E-state index contributed by atoms with van der Waals surface area (Å²) in [6.45, 7) is 5.56. The number of phenolic OH excluding ortho intramolecular Hbond substituents is 1. The first kappa shape index (κ1) is 19.3. The maximum atomic E-state index is 13.2. The summed E-state index contributed by atoms with van der Waals surface area (Å²) in [5, 5.41) is 22.0.